The topological polar surface area (TPSA) is 75.7 Å². The summed E-state index contributed by atoms with van der Waals surface area (Å²) in [5.41, 5.74) is 2.45. The zero-order chi connectivity index (χ0) is 22.9. The Bertz CT molecular complexity index is 1260. The molecule has 0 radical (unpaired) electrons. The highest BCUT2D eigenvalue weighted by Crippen LogP contribution is 2.34. The number of anilines is 1. The molecule has 0 spiro atoms. The van der Waals surface area contributed by atoms with Crippen molar-refractivity contribution in [2.75, 3.05) is 18.0 Å². The minimum absolute atomic E-state index is 0.00888. The van der Waals surface area contributed by atoms with Crippen LogP contribution in [-0.2, 0) is 16.4 Å². The molecule has 1 heterocycles. The Hall–Kier alpha value is -3.39. The molecular weight excluding hydrogens is 431 g/mol. The van der Waals surface area contributed by atoms with E-state index >= 15 is 0 Å². The maximum Gasteiger partial charge on any atom is 0.264 e. The van der Waals surface area contributed by atoms with Crippen LogP contribution in [0.1, 0.15) is 34.5 Å². The number of amides is 1. The van der Waals surface area contributed by atoms with E-state index in [0.29, 0.717) is 18.7 Å². The number of benzene rings is 3. The van der Waals surface area contributed by atoms with Crippen molar-refractivity contribution in [3.05, 3.63) is 89.2 Å². The van der Waals surface area contributed by atoms with E-state index in [1.165, 1.54) is 41.7 Å². The van der Waals surface area contributed by atoms with Gasteiger partial charge in [-0.1, -0.05) is 30.3 Å². The number of para-hydroxylation sites is 1. The van der Waals surface area contributed by atoms with Crippen LogP contribution in [0.2, 0.25) is 0 Å². The van der Waals surface area contributed by atoms with Gasteiger partial charge in [0, 0.05) is 6.54 Å². The average molecular weight is 455 g/mol. The molecule has 4 rings (SSSR count). The van der Waals surface area contributed by atoms with Crippen LogP contribution in [0.3, 0.4) is 0 Å². The van der Waals surface area contributed by atoms with Crippen LogP contribution in [0.15, 0.2) is 71.6 Å². The van der Waals surface area contributed by atoms with Crippen molar-refractivity contribution < 1.29 is 22.3 Å². The third kappa shape index (κ3) is 4.05. The minimum Gasteiger partial charge on any atom is -0.496 e. The highest BCUT2D eigenvalue weighted by molar-refractivity contribution is 7.92. The number of carbonyl (C=O) groups excluding carboxylic acids is 1. The maximum absolute atomic E-state index is 13.4. The third-order valence-corrected chi connectivity index (χ3v) is 7.37. The number of nitrogens with zero attached hydrogens (tertiary/aromatic N) is 1. The number of hydrogen-bond acceptors (Lipinski definition) is 4. The van der Waals surface area contributed by atoms with Crippen LogP contribution < -0.4 is 14.4 Å². The number of ether oxygens (including phenoxy) is 1. The Labute approximate surface area is 186 Å². The van der Waals surface area contributed by atoms with Crippen molar-refractivity contribution in [2.24, 2.45) is 0 Å². The molecule has 0 fully saturated rings. The summed E-state index contributed by atoms with van der Waals surface area (Å²) in [5, 5.41) is 2.82. The van der Waals surface area contributed by atoms with E-state index < -0.39 is 22.0 Å². The lowest BCUT2D eigenvalue weighted by Crippen LogP contribution is -2.30. The Morgan fingerprint density at radius 2 is 1.81 bits per heavy atom. The van der Waals surface area contributed by atoms with Crippen LogP contribution in [-0.4, -0.2) is 28.0 Å². The highest BCUT2D eigenvalue weighted by Gasteiger charge is 2.31. The summed E-state index contributed by atoms with van der Waals surface area (Å²) in [6.07, 6.45) is 0.633. The van der Waals surface area contributed by atoms with Crippen molar-refractivity contribution >= 4 is 21.6 Å². The first-order valence-corrected chi connectivity index (χ1v) is 11.6. The number of carbonyl (C=O) groups is 1. The number of methoxy groups -OCH3 is 1. The van der Waals surface area contributed by atoms with Gasteiger partial charge in [0.2, 0.25) is 0 Å². The fourth-order valence-electron chi connectivity index (χ4n) is 3.82. The quantitative estimate of drug-likeness (QED) is 0.609. The molecule has 0 aliphatic carbocycles. The van der Waals surface area contributed by atoms with Crippen molar-refractivity contribution in [3.8, 4) is 5.75 Å². The second-order valence-electron chi connectivity index (χ2n) is 7.56. The maximum atomic E-state index is 13.4. The lowest BCUT2D eigenvalue weighted by molar-refractivity contribution is 0.0936. The fourth-order valence-corrected chi connectivity index (χ4v) is 5.35. The second kappa shape index (κ2) is 8.63. The van der Waals surface area contributed by atoms with Gasteiger partial charge in [-0.25, -0.2) is 12.8 Å². The summed E-state index contributed by atoms with van der Waals surface area (Å²) in [6, 6.07) is 17.0. The molecule has 1 atom stereocenters. The van der Waals surface area contributed by atoms with Crippen molar-refractivity contribution in [1.29, 1.82) is 0 Å². The van der Waals surface area contributed by atoms with Crippen LogP contribution >= 0.6 is 0 Å². The number of halogens is 1. The van der Waals surface area contributed by atoms with E-state index in [1.54, 1.807) is 31.2 Å². The number of nitrogens with one attached hydrogen (secondary N) is 1. The largest absolute Gasteiger partial charge is 0.496 e. The second-order valence-corrected chi connectivity index (χ2v) is 9.43. The molecule has 32 heavy (non-hydrogen) atoms. The Morgan fingerprint density at radius 3 is 2.53 bits per heavy atom. The van der Waals surface area contributed by atoms with Crippen molar-refractivity contribution in [3.63, 3.8) is 0 Å². The van der Waals surface area contributed by atoms with Gasteiger partial charge in [-0.05, 0) is 60.9 Å². The normalized spacial score (nSPS) is 14.0. The Kier molecular flexibility index (Phi) is 5.88. The predicted molar refractivity (Wildman–Crippen MR) is 120 cm³/mol. The molecule has 8 heteroatoms. The van der Waals surface area contributed by atoms with Crippen LogP contribution in [0.5, 0.6) is 5.75 Å². The molecule has 0 saturated carbocycles. The van der Waals surface area contributed by atoms with E-state index in [2.05, 4.69) is 5.32 Å². The SMILES string of the molecule is COc1ccc(S(=O)(=O)N2CCc3ccccc32)cc1C(=O)NC(C)c1ccc(F)cc1. The molecule has 3 aromatic carbocycles. The van der Waals surface area contributed by atoms with E-state index in [-0.39, 0.29) is 22.0 Å². The van der Waals surface area contributed by atoms with Crippen LogP contribution in [0, 0.1) is 5.82 Å². The summed E-state index contributed by atoms with van der Waals surface area (Å²) in [6.45, 7) is 2.11. The standard InChI is InChI=1S/C24H23FN2O4S/c1-16(17-7-9-19(25)10-8-17)26-24(28)21-15-20(11-12-23(21)31-2)32(29,30)27-14-13-18-5-3-4-6-22(18)27/h3-12,15-16H,13-14H2,1-2H3,(H,26,28). The average Bonchev–Trinajstić information content (AvgIpc) is 3.24. The lowest BCUT2D eigenvalue weighted by Gasteiger charge is -2.21. The lowest BCUT2D eigenvalue weighted by atomic mass is 10.1. The highest BCUT2D eigenvalue weighted by atomic mass is 32.2. The predicted octanol–water partition coefficient (Wildman–Crippen LogP) is 4.08. The minimum atomic E-state index is -3.86. The molecule has 1 aliphatic heterocycles. The molecular formula is C24H23FN2O4S. The zero-order valence-electron chi connectivity index (χ0n) is 17.7. The van der Waals surface area contributed by atoms with Gasteiger partial charge in [-0.2, -0.15) is 0 Å². The van der Waals surface area contributed by atoms with Crippen LogP contribution in [0.4, 0.5) is 10.1 Å². The number of sulfonamides is 1. The van der Waals surface area contributed by atoms with Crippen LogP contribution in [0.25, 0.3) is 0 Å². The van der Waals surface area contributed by atoms with Crippen molar-refractivity contribution in [2.45, 2.75) is 24.3 Å². The van der Waals surface area contributed by atoms with Gasteiger partial charge in [0.05, 0.1) is 29.3 Å². The molecule has 1 aliphatic rings. The summed E-state index contributed by atoms with van der Waals surface area (Å²) >= 11 is 0. The van der Waals surface area contributed by atoms with Crippen molar-refractivity contribution in [1.82, 2.24) is 5.32 Å². The van der Waals surface area contributed by atoms with Gasteiger partial charge in [-0.3, -0.25) is 9.10 Å². The van der Waals surface area contributed by atoms with Gasteiger partial charge < -0.3 is 10.1 Å². The fraction of sp³-hybridized carbons (Fsp3) is 0.208. The third-order valence-electron chi connectivity index (χ3n) is 5.57. The Balaban J connectivity index is 1.64. The smallest absolute Gasteiger partial charge is 0.264 e. The first-order valence-electron chi connectivity index (χ1n) is 10.2. The molecule has 0 bridgehead atoms. The first-order chi connectivity index (χ1) is 15.3. The summed E-state index contributed by atoms with van der Waals surface area (Å²) in [4.78, 5) is 13.0. The van der Waals surface area contributed by atoms with Gasteiger partial charge in [-0.15, -0.1) is 0 Å². The molecule has 3 aromatic rings. The monoisotopic (exact) mass is 454 g/mol. The van der Waals surface area contributed by atoms with E-state index in [1.807, 2.05) is 12.1 Å². The molecule has 166 valence electrons. The molecule has 0 aromatic heterocycles. The summed E-state index contributed by atoms with van der Waals surface area (Å²) in [7, 11) is -2.45. The van der Waals surface area contributed by atoms with E-state index in [4.69, 9.17) is 4.74 Å². The molecule has 0 saturated heterocycles. The number of fused-ring (bicyclic) bond motifs is 1. The van der Waals surface area contributed by atoms with Gasteiger partial charge in [0.15, 0.2) is 0 Å². The molecule has 1 amide bonds. The summed E-state index contributed by atoms with van der Waals surface area (Å²) < 4.78 is 46.6. The number of rotatable bonds is 6. The molecule has 1 N–H and O–H groups in total. The molecule has 6 nitrogen and oxygen atoms in total. The zero-order valence-corrected chi connectivity index (χ0v) is 18.5. The summed E-state index contributed by atoms with van der Waals surface area (Å²) in [5.74, 6) is -0.595. The number of hydrogen-bond donors (Lipinski definition) is 1. The van der Waals surface area contributed by atoms with Gasteiger partial charge >= 0.3 is 0 Å². The van der Waals surface area contributed by atoms with Gasteiger partial charge in [0.25, 0.3) is 15.9 Å². The van der Waals surface area contributed by atoms with E-state index in [9.17, 15) is 17.6 Å². The molecule has 1 unspecified atom stereocenters. The Morgan fingerprint density at radius 1 is 1.09 bits per heavy atom. The van der Waals surface area contributed by atoms with Gasteiger partial charge in [0.1, 0.15) is 11.6 Å². The van der Waals surface area contributed by atoms with E-state index in [0.717, 1.165) is 11.1 Å². The first kappa shape index (κ1) is 21.8.